The summed E-state index contributed by atoms with van der Waals surface area (Å²) in [5, 5.41) is 2.92. The lowest BCUT2D eigenvalue weighted by Crippen LogP contribution is -2.24. The Hall–Kier alpha value is -2.49. The molecular formula is C18H21NO3. The van der Waals surface area contributed by atoms with Gasteiger partial charge in [-0.2, -0.15) is 0 Å². The molecule has 4 nitrogen and oxygen atoms in total. The smallest absolute Gasteiger partial charge is 0.251 e. The molecule has 0 saturated heterocycles. The van der Waals surface area contributed by atoms with Crippen LogP contribution < -0.4 is 14.8 Å². The van der Waals surface area contributed by atoms with Crippen molar-refractivity contribution >= 4 is 5.91 Å². The highest BCUT2D eigenvalue weighted by Crippen LogP contribution is 2.22. The SMILES string of the molecule is COc1cc(OC)cc(C(=O)NCCCc2ccccc2)c1. The van der Waals surface area contributed by atoms with Crippen LogP contribution in [0.15, 0.2) is 48.5 Å². The van der Waals surface area contributed by atoms with Gasteiger partial charge in [-0.15, -0.1) is 0 Å². The first-order valence-corrected chi connectivity index (χ1v) is 7.28. The molecule has 4 heteroatoms. The molecule has 2 rings (SSSR count). The number of amides is 1. The Bertz CT molecular complexity index is 589. The lowest BCUT2D eigenvalue weighted by atomic mass is 10.1. The van der Waals surface area contributed by atoms with E-state index in [1.165, 1.54) is 5.56 Å². The van der Waals surface area contributed by atoms with Gasteiger partial charge >= 0.3 is 0 Å². The molecule has 0 spiro atoms. The average Bonchev–Trinajstić information content (AvgIpc) is 2.58. The van der Waals surface area contributed by atoms with Crippen LogP contribution in [-0.4, -0.2) is 26.7 Å². The van der Waals surface area contributed by atoms with Gasteiger partial charge in [0.2, 0.25) is 0 Å². The van der Waals surface area contributed by atoms with Crippen LogP contribution in [0.3, 0.4) is 0 Å². The molecule has 0 radical (unpaired) electrons. The van der Waals surface area contributed by atoms with E-state index in [2.05, 4.69) is 17.4 Å². The molecule has 2 aromatic carbocycles. The number of carbonyl (C=O) groups excluding carboxylic acids is 1. The van der Waals surface area contributed by atoms with Gasteiger partial charge < -0.3 is 14.8 Å². The summed E-state index contributed by atoms with van der Waals surface area (Å²) in [6.45, 7) is 0.632. The van der Waals surface area contributed by atoms with Crippen molar-refractivity contribution in [1.82, 2.24) is 5.32 Å². The molecule has 1 amide bonds. The van der Waals surface area contributed by atoms with Crippen LogP contribution in [-0.2, 0) is 6.42 Å². The largest absolute Gasteiger partial charge is 0.497 e. The van der Waals surface area contributed by atoms with Gasteiger partial charge in [0.25, 0.3) is 5.91 Å². The summed E-state index contributed by atoms with van der Waals surface area (Å²) in [6.07, 6.45) is 1.85. The minimum atomic E-state index is -0.120. The van der Waals surface area contributed by atoms with E-state index in [1.54, 1.807) is 32.4 Å². The molecule has 22 heavy (non-hydrogen) atoms. The third kappa shape index (κ3) is 4.52. The van der Waals surface area contributed by atoms with E-state index in [1.807, 2.05) is 18.2 Å². The van der Waals surface area contributed by atoms with E-state index >= 15 is 0 Å². The third-order valence-corrected chi connectivity index (χ3v) is 3.38. The molecule has 1 N–H and O–H groups in total. The van der Waals surface area contributed by atoms with Crippen LogP contribution in [0.4, 0.5) is 0 Å². The first-order valence-electron chi connectivity index (χ1n) is 7.28. The zero-order valence-electron chi connectivity index (χ0n) is 13.0. The third-order valence-electron chi connectivity index (χ3n) is 3.38. The molecule has 0 aromatic heterocycles. The Morgan fingerprint density at radius 2 is 1.64 bits per heavy atom. The summed E-state index contributed by atoms with van der Waals surface area (Å²) in [7, 11) is 3.13. The Kier molecular flexibility index (Phi) is 5.83. The lowest BCUT2D eigenvalue weighted by molar-refractivity contribution is 0.0952. The predicted octanol–water partition coefficient (Wildman–Crippen LogP) is 3.07. The second-order valence-electron chi connectivity index (χ2n) is 4.95. The molecule has 0 aliphatic heterocycles. The summed E-state index contributed by atoms with van der Waals surface area (Å²) >= 11 is 0. The maximum atomic E-state index is 12.2. The van der Waals surface area contributed by atoms with E-state index in [9.17, 15) is 4.79 Å². The van der Waals surface area contributed by atoms with Crippen molar-refractivity contribution in [2.45, 2.75) is 12.8 Å². The maximum absolute atomic E-state index is 12.2. The van der Waals surface area contributed by atoms with E-state index < -0.39 is 0 Å². The normalized spacial score (nSPS) is 10.1. The number of rotatable bonds is 7. The van der Waals surface area contributed by atoms with Gasteiger partial charge in [-0.1, -0.05) is 30.3 Å². The number of nitrogens with one attached hydrogen (secondary N) is 1. The lowest BCUT2D eigenvalue weighted by Gasteiger charge is -2.09. The van der Waals surface area contributed by atoms with Crippen LogP contribution in [0.2, 0.25) is 0 Å². The van der Waals surface area contributed by atoms with Crippen molar-refractivity contribution in [3.05, 3.63) is 59.7 Å². The molecule has 0 saturated carbocycles. The van der Waals surface area contributed by atoms with Crippen molar-refractivity contribution in [3.63, 3.8) is 0 Å². The highest BCUT2D eigenvalue weighted by Gasteiger charge is 2.09. The Morgan fingerprint density at radius 1 is 1.00 bits per heavy atom. The van der Waals surface area contributed by atoms with Gasteiger partial charge in [0, 0.05) is 18.2 Å². The van der Waals surface area contributed by atoms with Crippen molar-refractivity contribution in [2.75, 3.05) is 20.8 Å². The van der Waals surface area contributed by atoms with Gasteiger partial charge in [0.1, 0.15) is 11.5 Å². The maximum Gasteiger partial charge on any atom is 0.251 e. The van der Waals surface area contributed by atoms with Gasteiger partial charge in [-0.05, 0) is 30.5 Å². The van der Waals surface area contributed by atoms with Gasteiger partial charge in [0.15, 0.2) is 0 Å². The monoisotopic (exact) mass is 299 g/mol. The summed E-state index contributed by atoms with van der Waals surface area (Å²) in [5.74, 6) is 1.09. The van der Waals surface area contributed by atoms with E-state index in [-0.39, 0.29) is 5.91 Å². The fourth-order valence-electron chi connectivity index (χ4n) is 2.18. The molecule has 0 unspecified atom stereocenters. The first-order chi connectivity index (χ1) is 10.7. The fourth-order valence-corrected chi connectivity index (χ4v) is 2.18. The second kappa shape index (κ2) is 8.08. The molecule has 2 aromatic rings. The number of methoxy groups -OCH3 is 2. The fraction of sp³-hybridized carbons (Fsp3) is 0.278. The molecule has 0 atom stereocenters. The van der Waals surface area contributed by atoms with Crippen LogP contribution >= 0.6 is 0 Å². The minimum absolute atomic E-state index is 0.120. The minimum Gasteiger partial charge on any atom is -0.497 e. The number of benzene rings is 2. The van der Waals surface area contributed by atoms with Crippen molar-refractivity contribution in [1.29, 1.82) is 0 Å². The van der Waals surface area contributed by atoms with E-state index in [4.69, 9.17) is 9.47 Å². The van der Waals surface area contributed by atoms with Crippen LogP contribution in [0.25, 0.3) is 0 Å². The number of aryl methyl sites for hydroxylation is 1. The first kappa shape index (κ1) is 15.9. The zero-order valence-corrected chi connectivity index (χ0v) is 13.0. The summed E-state index contributed by atoms with van der Waals surface area (Å²) < 4.78 is 10.3. The summed E-state index contributed by atoms with van der Waals surface area (Å²) in [5.41, 5.74) is 1.82. The molecular weight excluding hydrogens is 278 g/mol. The number of ether oxygens (including phenoxy) is 2. The van der Waals surface area contributed by atoms with Gasteiger partial charge in [-0.3, -0.25) is 4.79 Å². The Balaban J connectivity index is 1.87. The molecule has 0 heterocycles. The highest BCUT2D eigenvalue weighted by atomic mass is 16.5. The molecule has 116 valence electrons. The zero-order chi connectivity index (χ0) is 15.8. The van der Waals surface area contributed by atoms with E-state index in [0.29, 0.717) is 23.6 Å². The topological polar surface area (TPSA) is 47.6 Å². The van der Waals surface area contributed by atoms with Crippen LogP contribution in [0.1, 0.15) is 22.3 Å². The molecule has 0 bridgehead atoms. The summed E-state index contributed by atoms with van der Waals surface area (Å²) in [6, 6.07) is 15.4. The number of hydrogen-bond donors (Lipinski definition) is 1. The Labute approximate surface area is 131 Å². The van der Waals surface area contributed by atoms with E-state index in [0.717, 1.165) is 12.8 Å². The highest BCUT2D eigenvalue weighted by molar-refractivity contribution is 5.95. The van der Waals surface area contributed by atoms with Gasteiger partial charge in [-0.25, -0.2) is 0 Å². The quantitative estimate of drug-likeness (QED) is 0.799. The number of carbonyl (C=O) groups is 1. The molecule has 0 fully saturated rings. The average molecular weight is 299 g/mol. The molecule has 0 aliphatic carbocycles. The summed E-state index contributed by atoms with van der Waals surface area (Å²) in [4.78, 5) is 12.2. The number of hydrogen-bond acceptors (Lipinski definition) is 3. The second-order valence-corrected chi connectivity index (χ2v) is 4.95. The van der Waals surface area contributed by atoms with Crippen molar-refractivity contribution in [3.8, 4) is 11.5 Å². The standard InChI is InChI=1S/C18H21NO3/c1-21-16-11-15(12-17(13-16)22-2)18(20)19-10-6-9-14-7-4-3-5-8-14/h3-5,7-8,11-13H,6,9-10H2,1-2H3,(H,19,20). The predicted molar refractivity (Wildman–Crippen MR) is 86.6 cm³/mol. The van der Waals surface area contributed by atoms with Crippen molar-refractivity contribution < 1.29 is 14.3 Å². The van der Waals surface area contributed by atoms with Crippen LogP contribution in [0.5, 0.6) is 11.5 Å². The Morgan fingerprint density at radius 3 is 2.23 bits per heavy atom. The van der Waals surface area contributed by atoms with Crippen LogP contribution in [0, 0.1) is 0 Å². The van der Waals surface area contributed by atoms with Crippen molar-refractivity contribution in [2.24, 2.45) is 0 Å². The molecule has 0 aliphatic rings. The van der Waals surface area contributed by atoms with Gasteiger partial charge in [0.05, 0.1) is 14.2 Å².